The molecule has 0 saturated carbocycles. The van der Waals surface area contributed by atoms with Gasteiger partial charge in [-0.15, -0.1) is 0 Å². The van der Waals surface area contributed by atoms with Gasteiger partial charge in [0, 0.05) is 25.3 Å². The SMILES string of the molecule is CCC(N)CNC(=O)c1ccc(C)n1C. The van der Waals surface area contributed by atoms with Crippen molar-refractivity contribution in [3.8, 4) is 0 Å². The predicted molar refractivity (Wildman–Crippen MR) is 60.7 cm³/mol. The molecule has 0 spiro atoms. The molecule has 84 valence electrons. The van der Waals surface area contributed by atoms with E-state index in [4.69, 9.17) is 5.73 Å². The Bertz CT molecular complexity index is 344. The van der Waals surface area contributed by atoms with E-state index in [1.807, 2.05) is 37.6 Å². The summed E-state index contributed by atoms with van der Waals surface area (Å²) in [6.45, 7) is 4.50. The van der Waals surface area contributed by atoms with Crippen molar-refractivity contribution in [2.75, 3.05) is 6.54 Å². The summed E-state index contributed by atoms with van der Waals surface area (Å²) in [5, 5.41) is 2.82. The Balaban J connectivity index is 2.58. The van der Waals surface area contributed by atoms with Crippen LogP contribution >= 0.6 is 0 Å². The van der Waals surface area contributed by atoms with Gasteiger partial charge in [-0.1, -0.05) is 6.92 Å². The number of hydrogen-bond donors (Lipinski definition) is 2. The number of amides is 1. The van der Waals surface area contributed by atoms with E-state index in [0.29, 0.717) is 12.2 Å². The fourth-order valence-electron chi connectivity index (χ4n) is 1.30. The van der Waals surface area contributed by atoms with Crippen molar-refractivity contribution < 1.29 is 4.79 Å². The van der Waals surface area contributed by atoms with Crippen LogP contribution in [0.4, 0.5) is 0 Å². The minimum absolute atomic E-state index is 0.0373. The summed E-state index contributed by atoms with van der Waals surface area (Å²) in [7, 11) is 1.88. The molecule has 4 nitrogen and oxygen atoms in total. The smallest absolute Gasteiger partial charge is 0.267 e. The van der Waals surface area contributed by atoms with Crippen LogP contribution in [-0.4, -0.2) is 23.1 Å². The first-order valence-electron chi connectivity index (χ1n) is 5.22. The van der Waals surface area contributed by atoms with E-state index in [1.165, 1.54) is 0 Å². The third-order valence-electron chi connectivity index (χ3n) is 2.65. The minimum atomic E-state index is -0.0606. The van der Waals surface area contributed by atoms with Crippen LogP contribution in [-0.2, 0) is 7.05 Å². The number of carbonyl (C=O) groups excluding carboxylic acids is 1. The highest BCUT2D eigenvalue weighted by atomic mass is 16.1. The second-order valence-corrected chi connectivity index (χ2v) is 3.80. The monoisotopic (exact) mass is 209 g/mol. The third kappa shape index (κ3) is 2.83. The van der Waals surface area contributed by atoms with E-state index in [-0.39, 0.29) is 11.9 Å². The van der Waals surface area contributed by atoms with E-state index in [1.54, 1.807) is 0 Å². The predicted octanol–water partition coefficient (Wildman–Crippen LogP) is 0.801. The van der Waals surface area contributed by atoms with E-state index < -0.39 is 0 Å². The fourth-order valence-corrected chi connectivity index (χ4v) is 1.30. The molecule has 0 aromatic carbocycles. The Morgan fingerprint density at radius 1 is 1.60 bits per heavy atom. The normalized spacial score (nSPS) is 12.5. The van der Waals surface area contributed by atoms with Gasteiger partial charge in [-0.3, -0.25) is 4.79 Å². The lowest BCUT2D eigenvalue weighted by molar-refractivity contribution is 0.0942. The van der Waals surface area contributed by atoms with Gasteiger partial charge in [-0.25, -0.2) is 0 Å². The zero-order valence-corrected chi connectivity index (χ0v) is 9.58. The topological polar surface area (TPSA) is 60.0 Å². The largest absolute Gasteiger partial charge is 0.349 e. The van der Waals surface area contributed by atoms with Gasteiger partial charge in [0.15, 0.2) is 0 Å². The molecule has 1 aromatic rings. The first-order chi connectivity index (χ1) is 7.06. The number of nitrogens with one attached hydrogen (secondary N) is 1. The van der Waals surface area contributed by atoms with E-state index in [2.05, 4.69) is 5.32 Å². The molecule has 3 N–H and O–H groups in total. The number of hydrogen-bond acceptors (Lipinski definition) is 2. The van der Waals surface area contributed by atoms with Gasteiger partial charge in [0.2, 0.25) is 0 Å². The zero-order valence-electron chi connectivity index (χ0n) is 9.58. The van der Waals surface area contributed by atoms with Crippen LogP contribution in [0.5, 0.6) is 0 Å². The van der Waals surface area contributed by atoms with Crippen LogP contribution < -0.4 is 11.1 Å². The summed E-state index contributed by atoms with van der Waals surface area (Å²) in [4.78, 5) is 11.7. The lowest BCUT2D eigenvalue weighted by Crippen LogP contribution is -2.37. The maximum absolute atomic E-state index is 11.7. The number of nitrogens with two attached hydrogens (primary N) is 1. The van der Waals surface area contributed by atoms with Crippen LogP contribution in [0.2, 0.25) is 0 Å². The molecule has 1 aromatic heterocycles. The van der Waals surface area contributed by atoms with E-state index >= 15 is 0 Å². The first-order valence-corrected chi connectivity index (χ1v) is 5.22. The molecule has 1 rings (SSSR count). The summed E-state index contributed by atoms with van der Waals surface area (Å²) in [5.41, 5.74) is 7.47. The van der Waals surface area contributed by atoms with Gasteiger partial charge in [0.25, 0.3) is 5.91 Å². The molecule has 0 fully saturated rings. The van der Waals surface area contributed by atoms with Gasteiger partial charge in [-0.05, 0) is 25.5 Å². The van der Waals surface area contributed by atoms with Crippen molar-refractivity contribution in [3.63, 3.8) is 0 Å². The highest BCUT2D eigenvalue weighted by Crippen LogP contribution is 2.05. The quantitative estimate of drug-likeness (QED) is 0.770. The van der Waals surface area contributed by atoms with Gasteiger partial charge < -0.3 is 15.6 Å². The lowest BCUT2D eigenvalue weighted by atomic mass is 10.2. The summed E-state index contributed by atoms with van der Waals surface area (Å²) in [5.74, 6) is -0.0606. The van der Waals surface area contributed by atoms with Crippen LogP contribution in [0.25, 0.3) is 0 Å². The lowest BCUT2D eigenvalue weighted by Gasteiger charge is -2.11. The van der Waals surface area contributed by atoms with Crippen molar-refractivity contribution in [2.45, 2.75) is 26.3 Å². The Kier molecular flexibility index (Phi) is 3.91. The third-order valence-corrected chi connectivity index (χ3v) is 2.65. The highest BCUT2D eigenvalue weighted by Gasteiger charge is 2.10. The summed E-state index contributed by atoms with van der Waals surface area (Å²) in [6, 6.07) is 3.78. The van der Waals surface area contributed by atoms with Gasteiger partial charge in [0.05, 0.1) is 0 Å². The number of nitrogens with zero attached hydrogens (tertiary/aromatic N) is 1. The van der Waals surface area contributed by atoms with Crippen molar-refractivity contribution in [1.29, 1.82) is 0 Å². The molecule has 0 aliphatic carbocycles. The summed E-state index contributed by atoms with van der Waals surface area (Å²) < 4.78 is 1.87. The summed E-state index contributed by atoms with van der Waals surface area (Å²) >= 11 is 0. The van der Waals surface area contributed by atoms with Crippen molar-refractivity contribution in [1.82, 2.24) is 9.88 Å². The molecule has 1 unspecified atom stereocenters. The van der Waals surface area contributed by atoms with Crippen molar-refractivity contribution in [2.24, 2.45) is 12.8 Å². The molecule has 1 atom stereocenters. The molecule has 4 heteroatoms. The summed E-state index contributed by atoms with van der Waals surface area (Å²) in [6.07, 6.45) is 0.868. The molecule has 0 bridgehead atoms. The number of aryl methyl sites for hydroxylation is 1. The molecule has 0 saturated heterocycles. The highest BCUT2D eigenvalue weighted by molar-refractivity contribution is 5.92. The van der Waals surface area contributed by atoms with Crippen molar-refractivity contribution >= 4 is 5.91 Å². The number of carbonyl (C=O) groups is 1. The molecule has 15 heavy (non-hydrogen) atoms. The maximum atomic E-state index is 11.7. The van der Waals surface area contributed by atoms with Crippen molar-refractivity contribution in [3.05, 3.63) is 23.5 Å². The standard InChI is InChI=1S/C11H19N3O/c1-4-9(12)7-13-11(15)10-6-5-8(2)14(10)3/h5-6,9H,4,7,12H2,1-3H3,(H,13,15). The fraction of sp³-hybridized carbons (Fsp3) is 0.545. The molecular weight excluding hydrogens is 190 g/mol. The molecule has 0 aliphatic heterocycles. The molecular formula is C11H19N3O. The number of aromatic nitrogens is 1. The van der Waals surface area contributed by atoms with Crippen LogP contribution in [0.15, 0.2) is 12.1 Å². The average Bonchev–Trinajstić information content (AvgIpc) is 2.56. The van der Waals surface area contributed by atoms with Crippen LogP contribution in [0, 0.1) is 6.92 Å². The van der Waals surface area contributed by atoms with E-state index in [0.717, 1.165) is 12.1 Å². The Hall–Kier alpha value is -1.29. The van der Waals surface area contributed by atoms with Gasteiger partial charge in [0.1, 0.15) is 5.69 Å². The molecule has 0 aliphatic rings. The van der Waals surface area contributed by atoms with E-state index in [9.17, 15) is 4.79 Å². The van der Waals surface area contributed by atoms with Crippen LogP contribution in [0.1, 0.15) is 29.5 Å². The Labute approximate surface area is 90.5 Å². The number of rotatable bonds is 4. The molecule has 1 amide bonds. The van der Waals surface area contributed by atoms with Gasteiger partial charge in [-0.2, -0.15) is 0 Å². The van der Waals surface area contributed by atoms with Crippen LogP contribution in [0.3, 0.4) is 0 Å². The molecule has 0 radical (unpaired) electrons. The average molecular weight is 209 g/mol. The molecule has 1 heterocycles. The Morgan fingerprint density at radius 2 is 2.27 bits per heavy atom. The zero-order chi connectivity index (χ0) is 11.4. The first kappa shape index (κ1) is 11.8. The minimum Gasteiger partial charge on any atom is -0.349 e. The Morgan fingerprint density at radius 3 is 2.73 bits per heavy atom. The second kappa shape index (κ2) is 4.98. The van der Waals surface area contributed by atoms with Gasteiger partial charge >= 0.3 is 0 Å². The second-order valence-electron chi connectivity index (χ2n) is 3.80. The maximum Gasteiger partial charge on any atom is 0.267 e.